The molecule has 2 atom stereocenters. The van der Waals surface area contributed by atoms with E-state index in [9.17, 15) is 22.9 Å². The minimum atomic E-state index is -4.36. The van der Waals surface area contributed by atoms with Gasteiger partial charge in [-0.05, 0) is 70.6 Å². The number of hydrogen-bond donors (Lipinski definition) is 3. The van der Waals surface area contributed by atoms with Gasteiger partial charge >= 0.3 is 0 Å². The van der Waals surface area contributed by atoms with Crippen LogP contribution in [0.3, 0.4) is 0 Å². The molecular formula is C41H73NO5S. The number of aliphatic hydroxyl groups excluding tert-OH is 1. The molecule has 0 aliphatic rings. The van der Waals surface area contributed by atoms with Crippen molar-refractivity contribution in [1.82, 2.24) is 5.32 Å². The quantitative estimate of drug-likeness (QED) is 0.0354. The van der Waals surface area contributed by atoms with Crippen molar-refractivity contribution in [3.8, 4) is 0 Å². The lowest BCUT2D eigenvalue weighted by atomic mass is 10.1. The molecule has 0 fully saturated rings. The van der Waals surface area contributed by atoms with E-state index < -0.39 is 28.0 Å². The third-order valence-corrected chi connectivity index (χ3v) is 9.16. The number of hydrogen-bond acceptors (Lipinski definition) is 4. The summed E-state index contributed by atoms with van der Waals surface area (Å²) < 4.78 is 32.4. The number of amides is 1. The third kappa shape index (κ3) is 35.3. The zero-order valence-electron chi connectivity index (χ0n) is 30.8. The Balaban J connectivity index is 4.05. The fourth-order valence-corrected chi connectivity index (χ4v) is 6.19. The van der Waals surface area contributed by atoms with Crippen LogP contribution in [-0.4, -0.2) is 41.9 Å². The predicted octanol–water partition coefficient (Wildman–Crippen LogP) is 11.3. The maximum Gasteiger partial charge on any atom is 0.267 e. The molecule has 0 radical (unpaired) electrons. The topological polar surface area (TPSA) is 104 Å². The molecule has 0 aliphatic heterocycles. The fourth-order valence-electron chi connectivity index (χ4n) is 5.46. The van der Waals surface area contributed by atoms with Crippen molar-refractivity contribution in [3.63, 3.8) is 0 Å². The molecule has 0 aromatic rings. The molecular weight excluding hydrogens is 619 g/mol. The molecule has 48 heavy (non-hydrogen) atoms. The molecule has 0 spiro atoms. The fraction of sp³-hybridized carbons (Fsp3) is 0.732. The second-order valence-corrected chi connectivity index (χ2v) is 14.7. The summed E-state index contributed by atoms with van der Waals surface area (Å²) >= 11 is 0. The highest BCUT2D eigenvalue weighted by atomic mass is 32.2. The number of carbonyl (C=O) groups excluding carboxylic acids is 1. The zero-order chi connectivity index (χ0) is 35.4. The Hall–Kier alpha value is -1.96. The van der Waals surface area contributed by atoms with Gasteiger partial charge in [0, 0.05) is 6.42 Å². The van der Waals surface area contributed by atoms with Crippen LogP contribution >= 0.6 is 0 Å². The van der Waals surface area contributed by atoms with Crippen molar-refractivity contribution >= 4 is 16.0 Å². The largest absolute Gasteiger partial charge is 0.387 e. The van der Waals surface area contributed by atoms with E-state index in [1.807, 2.05) is 0 Å². The van der Waals surface area contributed by atoms with Gasteiger partial charge in [-0.15, -0.1) is 0 Å². The van der Waals surface area contributed by atoms with Gasteiger partial charge in [0.15, 0.2) is 0 Å². The number of unbranched alkanes of at least 4 members (excludes halogenated alkanes) is 18. The van der Waals surface area contributed by atoms with Crippen LogP contribution in [0.4, 0.5) is 0 Å². The first kappa shape index (κ1) is 46.0. The maximum absolute atomic E-state index is 12.5. The van der Waals surface area contributed by atoms with Crippen molar-refractivity contribution in [1.29, 1.82) is 0 Å². The van der Waals surface area contributed by atoms with Crippen molar-refractivity contribution in [2.24, 2.45) is 0 Å². The van der Waals surface area contributed by atoms with E-state index in [0.29, 0.717) is 12.8 Å². The SMILES string of the molecule is CCC/C=C\C/C=C\CCCCCCCC(=O)NC(CS(=O)(=O)O)C(O)/C=C/CC/C=C/CC/C=C/CCCCCCCCCCCC. The first-order valence-electron chi connectivity index (χ1n) is 19.5. The highest BCUT2D eigenvalue weighted by molar-refractivity contribution is 7.85. The maximum atomic E-state index is 12.5. The summed E-state index contributed by atoms with van der Waals surface area (Å²) in [4.78, 5) is 12.5. The number of carbonyl (C=O) groups is 1. The van der Waals surface area contributed by atoms with E-state index in [4.69, 9.17) is 0 Å². The van der Waals surface area contributed by atoms with Crippen LogP contribution in [0.25, 0.3) is 0 Å². The number of rotatable bonds is 34. The molecule has 2 unspecified atom stereocenters. The molecule has 0 aliphatic carbocycles. The lowest BCUT2D eigenvalue weighted by Crippen LogP contribution is -2.46. The Labute approximate surface area is 296 Å². The van der Waals surface area contributed by atoms with Gasteiger partial charge in [0.2, 0.25) is 5.91 Å². The van der Waals surface area contributed by atoms with Gasteiger partial charge in [-0.25, -0.2) is 0 Å². The molecule has 0 rings (SSSR count). The molecule has 7 heteroatoms. The molecule has 3 N–H and O–H groups in total. The summed E-state index contributed by atoms with van der Waals surface area (Å²) in [5.74, 6) is -1.03. The molecule has 1 amide bonds. The monoisotopic (exact) mass is 692 g/mol. The Morgan fingerprint density at radius 2 is 1.00 bits per heavy atom. The van der Waals surface area contributed by atoms with E-state index >= 15 is 0 Å². The molecule has 0 aromatic heterocycles. The Morgan fingerprint density at radius 3 is 1.52 bits per heavy atom. The number of allylic oxidation sites excluding steroid dienone is 9. The van der Waals surface area contributed by atoms with Crippen LogP contribution < -0.4 is 5.32 Å². The van der Waals surface area contributed by atoms with Gasteiger partial charge in [-0.3, -0.25) is 9.35 Å². The third-order valence-electron chi connectivity index (χ3n) is 8.38. The average molecular weight is 692 g/mol. The van der Waals surface area contributed by atoms with Gasteiger partial charge in [0.1, 0.15) is 0 Å². The molecule has 0 bridgehead atoms. The molecule has 0 saturated carbocycles. The molecule has 0 aromatic carbocycles. The van der Waals surface area contributed by atoms with E-state index in [0.717, 1.165) is 64.2 Å². The Kier molecular flexibility index (Phi) is 33.5. The lowest BCUT2D eigenvalue weighted by Gasteiger charge is -2.21. The molecule has 0 heterocycles. The second kappa shape index (κ2) is 34.9. The summed E-state index contributed by atoms with van der Waals surface area (Å²) in [6.07, 6.45) is 47.8. The summed E-state index contributed by atoms with van der Waals surface area (Å²) in [7, 11) is -4.36. The number of aliphatic hydroxyl groups is 1. The lowest BCUT2D eigenvalue weighted by molar-refractivity contribution is -0.122. The summed E-state index contributed by atoms with van der Waals surface area (Å²) in [6, 6.07) is -1.09. The van der Waals surface area contributed by atoms with E-state index in [-0.39, 0.29) is 12.3 Å². The second-order valence-electron chi connectivity index (χ2n) is 13.2. The smallest absolute Gasteiger partial charge is 0.267 e. The highest BCUT2D eigenvalue weighted by Crippen LogP contribution is 2.12. The molecule has 6 nitrogen and oxygen atoms in total. The normalized spacial score (nSPS) is 14.0. The molecule has 278 valence electrons. The van der Waals surface area contributed by atoms with Gasteiger partial charge in [-0.1, -0.05) is 158 Å². The molecule has 0 saturated heterocycles. The standard InChI is InChI=1S/C41H73NO5S/c1-3-5-7-9-11-13-15-17-18-19-20-21-22-23-25-26-28-30-32-34-36-40(43)39(38-48(45,46)47)42-41(44)37-35-33-31-29-27-24-16-14-12-10-8-6-4-2/h8,10,14,16,21-22,26,28,34,36,39-40,43H,3-7,9,11-13,15,17-20,23-25,27,29-33,35,37-38H2,1-2H3,(H,42,44)(H,45,46,47)/b10-8-,16-14-,22-21+,28-26+,36-34+. The van der Waals surface area contributed by atoms with Crippen LogP contribution in [0, 0.1) is 0 Å². The highest BCUT2D eigenvalue weighted by Gasteiger charge is 2.24. The van der Waals surface area contributed by atoms with Crippen molar-refractivity contribution in [2.45, 2.75) is 187 Å². The van der Waals surface area contributed by atoms with Crippen LogP contribution in [0.2, 0.25) is 0 Å². The van der Waals surface area contributed by atoms with Crippen LogP contribution in [0.5, 0.6) is 0 Å². The number of nitrogens with one attached hydrogen (secondary N) is 1. The Morgan fingerprint density at radius 1 is 0.562 bits per heavy atom. The van der Waals surface area contributed by atoms with E-state index in [1.54, 1.807) is 6.08 Å². The summed E-state index contributed by atoms with van der Waals surface area (Å²) in [6.45, 7) is 4.44. The Bertz CT molecular complexity index is 983. The van der Waals surface area contributed by atoms with E-state index in [1.165, 1.54) is 83.1 Å². The average Bonchev–Trinajstić information content (AvgIpc) is 3.05. The van der Waals surface area contributed by atoms with Crippen molar-refractivity contribution in [2.75, 3.05) is 5.75 Å². The van der Waals surface area contributed by atoms with Crippen molar-refractivity contribution in [3.05, 3.63) is 60.8 Å². The summed E-state index contributed by atoms with van der Waals surface area (Å²) in [5, 5.41) is 13.2. The zero-order valence-corrected chi connectivity index (χ0v) is 31.7. The minimum Gasteiger partial charge on any atom is -0.387 e. The van der Waals surface area contributed by atoms with Gasteiger partial charge in [-0.2, -0.15) is 8.42 Å². The first-order valence-corrected chi connectivity index (χ1v) is 21.1. The summed E-state index contributed by atoms with van der Waals surface area (Å²) in [5.41, 5.74) is 0. The van der Waals surface area contributed by atoms with Crippen LogP contribution in [0.15, 0.2) is 60.8 Å². The van der Waals surface area contributed by atoms with Gasteiger partial charge < -0.3 is 10.4 Å². The van der Waals surface area contributed by atoms with Gasteiger partial charge in [0.05, 0.1) is 17.9 Å². The predicted molar refractivity (Wildman–Crippen MR) is 207 cm³/mol. The van der Waals surface area contributed by atoms with Crippen LogP contribution in [-0.2, 0) is 14.9 Å². The first-order chi connectivity index (χ1) is 23.3. The minimum absolute atomic E-state index is 0.266. The van der Waals surface area contributed by atoms with Crippen molar-refractivity contribution < 1.29 is 22.9 Å². The van der Waals surface area contributed by atoms with E-state index in [2.05, 4.69) is 67.8 Å². The van der Waals surface area contributed by atoms with Gasteiger partial charge in [0.25, 0.3) is 10.1 Å². The van der Waals surface area contributed by atoms with Crippen LogP contribution in [0.1, 0.15) is 174 Å².